The highest BCUT2D eigenvalue weighted by Crippen LogP contribution is 2.29. The van der Waals surface area contributed by atoms with Crippen molar-refractivity contribution < 1.29 is 14.6 Å². The zero-order chi connectivity index (χ0) is 12.8. The summed E-state index contributed by atoms with van der Waals surface area (Å²) in [5.41, 5.74) is 0.682. The maximum absolute atomic E-state index is 11.2. The molecular weight excluding hydrogens is 307 g/mol. The zero-order valence-electron chi connectivity index (χ0n) is 9.45. The lowest BCUT2D eigenvalue weighted by molar-refractivity contribution is -0.143. The van der Waals surface area contributed by atoms with Gasteiger partial charge in [0.25, 0.3) is 0 Å². The summed E-state index contributed by atoms with van der Waals surface area (Å²) in [5.74, 6) is -0.301. The summed E-state index contributed by atoms with van der Waals surface area (Å²) in [6.07, 6.45) is -0.223. The Kier molecular flexibility index (Phi) is 5.95. The van der Waals surface area contributed by atoms with Crippen LogP contribution in [0.15, 0.2) is 22.7 Å². The first-order chi connectivity index (χ1) is 8.04. The standard InChI is InChI=1S/C12H14BrClO3/c1-2-17-12(16)6-5-11(15)9-7-8(14)3-4-10(9)13/h3-4,7,11,15H,2,5-6H2,1H3. The van der Waals surface area contributed by atoms with Crippen LogP contribution in [0.2, 0.25) is 5.02 Å². The third kappa shape index (κ3) is 4.66. The minimum atomic E-state index is -0.729. The van der Waals surface area contributed by atoms with E-state index in [2.05, 4.69) is 15.9 Å². The van der Waals surface area contributed by atoms with Gasteiger partial charge in [0, 0.05) is 15.9 Å². The van der Waals surface area contributed by atoms with Gasteiger partial charge in [-0.25, -0.2) is 0 Å². The highest BCUT2D eigenvalue weighted by molar-refractivity contribution is 9.10. The van der Waals surface area contributed by atoms with Gasteiger partial charge in [0.2, 0.25) is 0 Å². The first-order valence-corrected chi connectivity index (χ1v) is 6.50. The van der Waals surface area contributed by atoms with E-state index < -0.39 is 6.10 Å². The molecule has 0 saturated carbocycles. The molecule has 0 heterocycles. The number of benzene rings is 1. The molecule has 5 heteroatoms. The molecule has 0 aliphatic rings. The van der Waals surface area contributed by atoms with Gasteiger partial charge >= 0.3 is 5.97 Å². The lowest BCUT2D eigenvalue weighted by Crippen LogP contribution is -2.07. The Morgan fingerprint density at radius 2 is 2.29 bits per heavy atom. The molecule has 1 aromatic rings. The van der Waals surface area contributed by atoms with Gasteiger partial charge in [-0.05, 0) is 37.1 Å². The topological polar surface area (TPSA) is 46.5 Å². The average molecular weight is 322 g/mol. The normalized spacial score (nSPS) is 12.2. The molecule has 0 spiro atoms. The van der Waals surface area contributed by atoms with Crippen LogP contribution >= 0.6 is 27.5 Å². The summed E-state index contributed by atoms with van der Waals surface area (Å²) in [7, 11) is 0. The minimum Gasteiger partial charge on any atom is -0.466 e. The molecule has 0 fully saturated rings. The fraction of sp³-hybridized carbons (Fsp3) is 0.417. The highest BCUT2D eigenvalue weighted by Gasteiger charge is 2.14. The van der Waals surface area contributed by atoms with Crippen LogP contribution in [0.3, 0.4) is 0 Å². The number of hydrogen-bond donors (Lipinski definition) is 1. The summed E-state index contributed by atoms with van der Waals surface area (Å²) >= 11 is 9.18. The lowest BCUT2D eigenvalue weighted by Gasteiger charge is -2.12. The number of halogens is 2. The van der Waals surface area contributed by atoms with Crippen LogP contribution in [0.5, 0.6) is 0 Å². The third-order valence-corrected chi connectivity index (χ3v) is 3.20. The number of esters is 1. The van der Waals surface area contributed by atoms with Crippen LogP contribution in [-0.2, 0) is 9.53 Å². The number of aliphatic hydroxyl groups is 1. The second-order valence-corrected chi connectivity index (χ2v) is 4.82. The van der Waals surface area contributed by atoms with E-state index in [-0.39, 0.29) is 12.4 Å². The monoisotopic (exact) mass is 320 g/mol. The second kappa shape index (κ2) is 6.99. The lowest BCUT2D eigenvalue weighted by atomic mass is 10.1. The molecule has 1 unspecified atom stereocenters. The van der Waals surface area contributed by atoms with Gasteiger partial charge in [0.05, 0.1) is 12.7 Å². The van der Waals surface area contributed by atoms with E-state index in [9.17, 15) is 9.90 Å². The molecule has 0 radical (unpaired) electrons. The first-order valence-electron chi connectivity index (χ1n) is 5.33. The number of carbonyl (C=O) groups is 1. The van der Waals surface area contributed by atoms with E-state index in [0.29, 0.717) is 23.6 Å². The van der Waals surface area contributed by atoms with Crippen molar-refractivity contribution in [3.8, 4) is 0 Å². The van der Waals surface area contributed by atoms with Gasteiger partial charge in [0.1, 0.15) is 0 Å². The van der Waals surface area contributed by atoms with Crippen LogP contribution in [0, 0.1) is 0 Å². The maximum atomic E-state index is 11.2. The second-order valence-electron chi connectivity index (χ2n) is 3.53. The molecule has 1 rings (SSSR count). The van der Waals surface area contributed by atoms with Crippen molar-refractivity contribution in [3.05, 3.63) is 33.3 Å². The van der Waals surface area contributed by atoms with E-state index in [1.54, 1.807) is 25.1 Å². The van der Waals surface area contributed by atoms with E-state index in [4.69, 9.17) is 16.3 Å². The SMILES string of the molecule is CCOC(=O)CCC(O)c1cc(Cl)ccc1Br. The average Bonchev–Trinajstić information content (AvgIpc) is 2.29. The van der Waals surface area contributed by atoms with Crippen LogP contribution in [0.4, 0.5) is 0 Å². The van der Waals surface area contributed by atoms with Crippen molar-refractivity contribution in [2.45, 2.75) is 25.9 Å². The quantitative estimate of drug-likeness (QED) is 0.845. The van der Waals surface area contributed by atoms with Crippen LogP contribution in [0.1, 0.15) is 31.4 Å². The largest absolute Gasteiger partial charge is 0.466 e. The molecule has 1 aromatic carbocycles. The fourth-order valence-corrected chi connectivity index (χ4v) is 2.10. The van der Waals surface area contributed by atoms with Gasteiger partial charge in [-0.3, -0.25) is 4.79 Å². The summed E-state index contributed by atoms with van der Waals surface area (Å²) in [4.78, 5) is 11.2. The molecule has 3 nitrogen and oxygen atoms in total. The van der Waals surface area contributed by atoms with Crippen molar-refractivity contribution in [1.29, 1.82) is 0 Å². The van der Waals surface area contributed by atoms with Crippen LogP contribution < -0.4 is 0 Å². The Hall–Kier alpha value is -0.580. The number of hydrogen-bond acceptors (Lipinski definition) is 3. The van der Waals surface area contributed by atoms with E-state index in [1.807, 2.05) is 0 Å². The Morgan fingerprint density at radius 1 is 1.59 bits per heavy atom. The van der Waals surface area contributed by atoms with E-state index >= 15 is 0 Å². The van der Waals surface area contributed by atoms with Gasteiger partial charge in [-0.15, -0.1) is 0 Å². The highest BCUT2D eigenvalue weighted by atomic mass is 79.9. The van der Waals surface area contributed by atoms with Gasteiger partial charge in [-0.1, -0.05) is 27.5 Å². The number of aliphatic hydroxyl groups excluding tert-OH is 1. The van der Waals surface area contributed by atoms with E-state index in [1.165, 1.54) is 0 Å². The molecule has 0 saturated heterocycles. The van der Waals surface area contributed by atoms with Gasteiger partial charge in [0.15, 0.2) is 0 Å². The molecule has 0 aliphatic heterocycles. The summed E-state index contributed by atoms with van der Waals surface area (Å²) in [6.45, 7) is 2.11. The molecule has 0 aliphatic carbocycles. The number of carbonyl (C=O) groups excluding carboxylic acids is 1. The molecule has 0 aromatic heterocycles. The third-order valence-electron chi connectivity index (χ3n) is 2.24. The van der Waals surface area contributed by atoms with E-state index in [0.717, 1.165) is 4.47 Å². The van der Waals surface area contributed by atoms with Gasteiger partial charge < -0.3 is 9.84 Å². The predicted octanol–water partition coefficient (Wildman–Crippen LogP) is 3.48. The van der Waals surface area contributed by atoms with Gasteiger partial charge in [-0.2, -0.15) is 0 Å². The fourth-order valence-electron chi connectivity index (χ4n) is 1.41. The maximum Gasteiger partial charge on any atom is 0.305 e. The van der Waals surface area contributed by atoms with Crippen molar-refractivity contribution >= 4 is 33.5 Å². The molecule has 0 bridgehead atoms. The van der Waals surface area contributed by atoms with Crippen molar-refractivity contribution in [3.63, 3.8) is 0 Å². The molecule has 1 N–H and O–H groups in total. The first kappa shape index (κ1) is 14.5. The Bertz CT molecular complexity index is 395. The molecule has 1 atom stereocenters. The van der Waals surface area contributed by atoms with Crippen molar-refractivity contribution in [1.82, 2.24) is 0 Å². The summed E-state index contributed by atoms with van der Waals surface area (Å²) in [6, 6.07) is 5.18. The molecule has 0 amide bonds. The van der Waals surface area contributed by atoms with Crippen LogP contribution in [0.25, 0.3) is 0 Å². The zero-order valence-corrected chi connectivity index (χ0v) is 11.8. The van der Waals surface area contributed by atoms with Crippen molar-refractivity contribution in [2.24, 2.45) is 0 Å². The Balaban J connectivity index is 2.60. The number of rotatable bonds is 5. The minimum absolute atomic E-state index is 0.188. The predicted molar refractivity (Wildman–Crippen MR) is 70.0 cm³/mol. The number of ether oxygens (including phenoxy) is 1. The smallest absolute Gasteiger partial charge is 0.305 e. The molecule has 94 valence electrons. The summed E-state index contributed by atoms with van der Waals surface area (Å²) in [5, 5.41) is 10.5. The molecular formula is C12H14BrClO3. The molecule has 17 heavy (non-hydrogen) atoms. The van der Waals surface area contributed by atoms with Crippen LogP contribution in [-0.4, -0.2) is 17.7 Å². The summed E-state index contributed by atoms with van der Waals surface area (Å²) < 4.78 is 5.57. The Labute approximate surface area is 114 Å². The van der Waals surface area contributed by atoms with Crippen molar-refractivity contribution in [2.75, 3.05) is 6.61 Å². The Morgan fingerprint density at radius 3 is 2.94 bits per heavy atom.